The molecule has 0 aliphatic carbocycles. The van der Waals surface area contributed by atoms with Crippen LogP contribution in [0.2, 0.25) is 0 Å². The molecule has 1 unspecified atom stereocenters. The molecule has 0 saturated carbocycles. The highest BCUT2D eigenvalue weighted by Gasteiger charge is 2.14. The Morgan fingerprint density at radius 3 is 2.94 bits per heavy atom. The lowest BCUT2D eigenvalue weighted by Crippen LogP contribution is -2.30. The molecule has 16 heavy (non-hydrogen) atoms. The number of aromatic nitrogens is 2. The van der Waals surface area contributed by atoms with Crippen molar-refractivity contribution in [2.24, 2.45) is 12.9 Å². The first kappa shape index (κ1) is 10.9. The molecule has 2 heterocycles. The van der Waals surface area contributed by atoms with Gasteiger partial charge in [-0.2, -0.15) is 0 Å². The Bertz CT molecular complexity index is 460. The van der Waals surface area contributed by atoms with E-state index in [0.29, 0.717) is 0 Å². The minimum Gasteiger partial charge on any atom is -0.469 e. The predicted octanol–water partition coefficient (Wildman–Crippen LogP) is 1.07. The number of hydrogen-bond acceptors (Lipinski definition) is 4. The summed E-state index contributed by atoms with van der Waals surface area (Å²) in [5.74, 6) is 7.42. The second kappa shape index (κ2) is 4.51. The van der Waals surface area contributed by atoms with E-state index in [-0.39, 0.29) is 6.04 Å². The average Bonchev–Trinajstić information content (AvgIpc) is 2.85. The Balaban J connectivity index is 2.15. The van der Waals surface area contributed by atoms with Gasteiger partial charge in [0.2, 0.25) is 0 Å². The zero-order chi connectivity index (χ0) is 11.5. The monoisotopic (exact) mass is 220 g/mol. The van der Waals surface area contributed by atoms with Crippen molar-refractivity contribution in [3.05, 3.63) is 41.9 Å². The van der Waals surface area contributed by atoms with Gasteiger partial charge in [-0.3, -0.25) is 11.3 Å². The summed E-state index contributed by atoms with van der Waals surface area (Å²) in [6.07, 6.45) is 6.16. The Kier molecular flexibility index (Phi) is 3.07. The Morgan fingerprint density at radius 2 is 2.44 bits per heavy atom. The second-order valence-corrected chi connectivity index (χ2v) is 3.87. The number of nitrogens with zero attached hydrogens (tertiary/aromatic N) is 2. The van der Waals surface area contributed by atoms with E-state index < -0.39 is 0 Å². The fourth-order valence-corrected chi connectivity index (χ4v) is 1.70. The number of aryl methyl sites for hydroxylation is 2. The standard InChI is InChI=1S/C11H16N4O/c1-8-5-9(7-16-8)10(14-12)6-11-13-3-4-15(11)2/h3-5,7,10,14H,6,12H2,1-2H3. The molecule has 0 aliphatic heterocycles. The molecule has 3 N–H and O–H groups in total. The van der Waals surface area contributed by atoms with Crippen LogP contribution in [0, 0.1) is 6.92 Å². The number of hydrazine groups is 1. The normalized spacial score (nSPS) is 12.9. The number of nitrogens with one attached hydrogen (secondary N) is 1. The molecule has 0 aromatic carbocycles. The molecule has 0 bridgehead atoms. The van der Waals surface area contributed by atoms with Crippen LogP contribution in [0.15, 0.2) is 29.1 Å². The molecule has 0 aliphatic rings. The van der Waals surface area contributed by atoms with Crippen molar-refractivity contribution in [2.45, 2.75) is 19.4 Å². The van der Waals surface area contributed by atoms with Crippen LogP contribution in [0.3, 0.4) is 0 Å². The van der Waals surface area contributed by atoms with Crippen LogP contribution in [-0.4, -0.2) is 9.55 Å². The first-order chi connectivity index (χ1) is 7.70. The maximum atomic E-state index is 5.55. The van der Waals surface area contributed by atoms with E-state index in [9.17, 15) is 0 Å². The first-order valence-electron chi connectivity index (χ1n) is 5.18. The van der Waals surface area contributed by atoms with Crippen LogP contribution in [0.4, 0.5) is 0 Å². The summed E-state index contributed by atoms with van der Waals surface area (Å²) in [5.41, 5.74) is 3.83. The number of rotatable bonds is 4. The van der Waals surface area contributed by atoms with Crippen molar-refractivity contribution in [1.29, 1.82) is 0 Å². The highest BCUT2D eigenvalue weighted by molar-refractivity contribution is 5.17. The SMILES string of the molecule is Cc1cc(C(Cc2nccn2C)NN)co1. The van der Waals surface area contributed by atoms with E-state index in [0.717, 1.165) is 23.6 Å². The first-order valence-corrected chi connectivity index (χ1v) is 5.18. The van der Waals surface area contributed by atoms with E-state index in [1.807, 2.05) is 30.8 Å². The van der Waals surface area contributed by atoms with Crippen LogP contribution in [0.5, 0.6) is 0 Å². The van der Waals surface area contributed by atoms with Gasteiger partial charge in [0.1, 0.15) is 11.6 Å². The van der Waals surface area contributed by atoms with Gasteiger partial charge in [0, 0.05) is 31.4 Å². The van der Waals surface area contributed by atoms with Gasteiger partial charge in [-0.1, -0.05) is 0 Å². The van der Waals surface area contributed by atoms with Gasteiger partial charge in [0.05, 0.1) is 12.3 Å². The molecule has 0 radical (unpaired) electrons. The number of hydrogen-bond donors (Lipinski definition) is 2. The molecule has 86 valence electrons. The molecule has 2 aromatic heterocycles. The molecule has 0 amide bonds. The third-order valence-electron chi connectivity index (χ3n) is 2.66. The fraction of sp³-hybridized carbons (Fsp3) is 0.364. The van der Waals surface area contributed by atoms with Crippen LogP contribution in [-0.2, 0) is 13.5 Å². The predicted molar refractivity (Wildman–Crippen MR) is 60.4 cm³/mol. The highest BCUT2D eigenvalue weighted by atomic mass is 16.3. The van der Waals surface area contributed by atoms with Gasteiger partial charge in [-0.25, -0.2) is 4.98 Å². The minimum atomic E-state index is 0.0264. The van der Waals surface area contributed by atoms with Crippen molar-refractivity contribution in [3.63, 3.8) is 0 Å². The molecular weight excluding hydrogens is 204 g/mol. The fourth-order valence-electron chi connectivity index (χ4n) is 1.70. The van der Waals surface area contributed by atoms with Crippen molar-refractivity contribution in [1.82, 2.24) is 15.0 Å². The maximum absolute atomic E-state index is 5.55. The summed E-state index contributed by atoms with van der Waals surface area (Å²) >= 11 is 0. The lowest BCUT2D eigenvalue weighted by atomic mass is 10.1. The Morgan fingerprint density at radius 1 is 1.62 bits per heavy atom. The van der Waals surface area contributed by atoms with Gasteiger partial charge in [0.15, 0.2) is 0 Å². The van der Waals surface area contributed by atoms with E-state index >= 15 is 0 Å². The van der Waals surface area contributed by atoms with Gasteiger partial charge < -0.3 is 8.98 Å². The van der Waals surface area contributed by atoms with E-state index in [2.05, 4.69) is 10.4 Å². The second-order valence-electron chi connectivity index (χ2n) is 3.87. The summed E-state index contributed by atoms with van der Waals surface area (Å²) in [6.45, 7) is 1.91. The third kappa shape index (κ3) is 2.15. The van der Waals surface area contributed by atoms with Crippen LogP contribution < -0.4 is 11.3 Å². The third-order valence-corrected chi connectivity index (χ3v) is 2.66. The quantitative estimate of drug-likeness (QED) is 0.597. The highest BCUT2D eigenvalue weighted by Crippen LogP contribution is 2.19. The van der Waals surface area contributed by atoms with E-state index in [1.54, 1.807) is 12.5 Å². The summed E-state index contributed by atoms with van der Waals surface area (Å²) in [5, 5.41) is 0. The van der Waals surface area contributed by atoms with Crippen LogP contribution >= 0.6 is 0 Å². The summed E-state index contributed by atoms with van der Waals surface area (Å²) in [6, 6.07) is 2.01. The van der Waals surface area contributed by atoms with Gasteiger partial charge in [0.25, 0.3) is 0 Å². The molecule has 0 spiro atoms. The smallest absolute Gasteiger partial charge is 0.110 e. The van der Waals surface area contributed by atoms with Crippen molar-refractivity contribution in [2.75, 3.05) is 0 Å². The van der Waals surface area contributed by atoms with Gasteiger partial charge in [-0.05, 0) is 13.0 Å². The number of imidazole rings is 1. The zero-order valence-electron chi connectivity index (χ0n) is 9.47. The maximum Gasteiger partial charge on any atom is 0.110 e. The largest absolute Gasteiger partial charge is 0.469 e. The topological polar surface area (TPSA) is 69.0 Å². The molecule has 2 rings (SSSR count). The number of nitrogens with two attached hydrogens (primary N) is 1. The van der Waals surface area contributed by atoms with E-state index in [1.165, 1.54) is 0 Å². The minimum absolute atomic E-state index is 0.0264. The lowest BCUT2D eigenvalue weighted by molar-refractivity contribution is 0.503. The molecule has 2 aromatic rings. The van der Waals surface area contributed by atoms with Crippen molar-refractivity contribution >= 4 is 0 Å². The van der Waals surface area contributed by atoms with Gasteiger partial charge in [-0.15, -0.1) is 0 Å². The Labute approximate surface area is 94.2 Å². The lowest BCUT2D eigenvalue weighted by Gasteiger charge is -2.13. The summed E-state index contributed by atoms with van der Waals surface area (Å²) < 4.78 is 7.26. The van der Waals surface area contributed by atoms with Gasteiger partial charge >= 0.3 is 0 Å². The van der Waals surface area contributed by atoms with Crippen LogP contribution in [0.25, 0.3) is 0 Å². The molecule has 0 saturated heterocycles. The summed E-state index contributed by atoms with van der Waals surface area (Å²) in [7, 11) is 1.97. The van der Waals surface area contributed by atoms with Crippen molar-refractivity contribution < 1.29 is 4.42 Å². The number of furan rings is 1. The molecule has 0 fully saturated rings. The van der Waals surface area contributed by atoms with Crippen LogP contribution in [0.1, 0.15) is 23.2 Å². The summed E-state index contributed by atoms with van der Waals surface area (Å²) in [4.78, 5) is 4.27. The zero-order valence-corrected chi connectivity index (χ0v) is 9.47. The Hall–Kier alpha value is -1.59. The van der Waals surface area contributed by atoms with Crippen molar-refractivity contribution in [3.8, 4) is 0 Å². The molecule has 5 nitrogen and oxygen atoms in total. The molecule has 5 heteroatoms. The average molecular weight is 220 g/mol. The van der Waals surface area contributed by atoms with E-state index in [4.69, 9.17) is 10.3 Å². The molecule has 1 atom stereocenters. The molecular formula is C11H16N4O.